The van der Waals surface area contributed by atoms with Gasteiger partial charge in [-0.05, 0) is 43.2 Å². The Morgan fingerprint density at radius 2 is 2.43 bits per heavy atom. The van der Waals surface area contributed by atoms with Crippen LogP contribution in [0.5, 0.6) is 0 Å². The van der Waals surface area contributed by atoms with Crippen LogP contribution in [0.1, 0.15) is 35.8 Å². The van der Waals surface area contributed by atoms with Crippen LogP contribution in [0.25, 0.3) is 0 Å². The molecular formula is C11H17NOS. The van der Waals surface area contributed by atoms with Crippen LogP contribution in [0.4, 0.5) is 0 Å². The number of hydrogen-bond donors (Lipinski definition) is 1. The van der Waals surface area contributed by atoms with Crippen molar-refractivity contribution in [2.24, 2.45) is 5.73 Å². The molecule has 1 aromatic heterocycles. The van der Waals surface area contributed by atoms with Crippen LogP contribution in [-0.4, -0.2) is 12.6 Å². The summed E-state index contributed by atoms with van der Waals surface area (Å²) in [4.78, 5) is 1.38. The van der Waals surface area contributed by atoms with E-state index < -0.39 is 0 Å². The number of hydrogen-bond acceptors (Lipinski definition) is 3. The lowest BCUT2D eigenvalue weighted by molar-refractivity contribution is -0.0462. The summed E-state index contributed by atoms with van der Waals surface area (Å²) in [6, 6.07) is 2.18. The lowest BCUT2D eigenvalue weighted by Crippen LogP contribution is -2.29. The van der Waals surface area contributed by atoms with Gasteiger partial charge in [-0.2, -0.15) is 0 Å². The summed E-state index contributed by atoms with van der Waals surface area (Å²) >= 11 is 1.80. The molecule has 2 unspecified atom stereocenters. The molecule has 0 radical (unpaired) electrons. The van der Waals surface area contributed by atoms with Gasteiger partial charge in [0.15, 0.2) is 0 Å². The largest absolute Gasteiger partial charge is 0.369 e. The summed E-state index contributed by atoms with van der Waals surface area (Å²) in [7, 11) is 0. The topological polar surface area (TPSA) is 35.2 Å². The SMILES string of the molecule is Cc1sccc1C1CCCC(CN)O1. The highest BCUT2D eigenvalue weighted by atomic mass is 32.1. The van der Waals surface area contributed by atoms with Gasteiger partial charge in [0.05, 0.1) is 12.2 Å². The van der Waals surface area contributed by atoms with E-state index in [-0.39, 0.29) is 6.10 Å². The van der Waals surface area contributed by atoms with E-state index in [1.165, 1.54) is 16.9 Å². The molecule has 78 valence electrons. The number of ether oxygens (including phenoxy) is 1. The summed E-state index contributed by atoms with van der Waals surface area (Å²) < 4.78 is 5.94. The molecular weight excluding hydrogens is 194 g/mol. The smallest absolute Gasteiger partial charge is 0.0840 e. The maximum absolute atomic E-state index is 5.94. The lowest BCUT2D eigenvalue weighted by Gasteiger charge is -2.29. The van der Waals surface area contributed by atoms with Gasteiger partial charge in [-0.15, -0.1) is 11.3 Å². The molecule has 2 heterocycles. The molecule has 2 nitrogen and oxygen atoms in total. The van der Waals surface area contributed by atoms with E-state index in [4.69, 9.17) is 10.5 Å². The average molecular weight is 211 g/mol. The van der Waals surface area contributed by atoms with Crippen LogP contribution in [0.15, 0.2) is 11.4 Å². The summed E-state index contributed by atoms with van der Waals surface area (Å²) in [6.45, 7) is 2.81. The highest BCUT2D eigenvalue weighted by molar-refractivity contribution is 7.10. The van der Waals surface area contributed by atoms with Crippen molar-refractivity contribution in [1.82, 2.24) is 0 Å². The van der Waals surface area contributed by atoms with Crippen molar-refractivity contribution in [1.29, 1.82) is 0 Å². The number of aryl methyl sites for hydroxylation is 1. The first-order valence-electron chi connectivity index (χ1n) is 5.20. The molecule has 0 amide bonds. The van der Waals surface area contributed by atoms with E-state index in [1.54, 1.807) is 11.3 Å². The van der Waals surface area contributed by atoms with E-state index in [1.807, 2.05) is 0 Å². The van der Waals surface area contributed by atoms with E-state index >= 15 is 0 Å². The molecule has 3 heteroatoms. The summed E-state index contributed by atoms with van der Waals surface area (Å²) in [6.07, 6.45) is 4.07. The molecule has 2 N–H and O–H groups in total. The maximum atomic E-state index is 5.94. The first kappa shape index (κ1) is 10.1. The molecule has 0 saturated carbocycles. The van der Waals surface area contributed by atoms with Crippen molar-refractivity contribution < 1.29 is 4.74 Å². The second-order valence-corrected chi connectivity index (χ2v) is 4.97. The minimum atomic E-state index is 0.271. The monoisotopic (exact) mass is 211 g/mol. The second kappa shape index (κ2) is 4.43. The molecule has 1 aromatic rings. The highest BCUT2D eigenvalue weighted by Gasteiger charge is 2.23. The predicted octanol–water partition coefficient (Wildman–Crippen LogP) is 2.63. The van der Waals surface area contributed by atoms with Crippen molar-refractivity contribution >= 4 is 11.3 Å². The average Bonchev–Trinajstić information content (AvgIpc) is 2.65. The molecule has 2 rings (SSSR count). The van der Waals surface area contributed by atoms with Crippen LogP contribution in [-0.2, 0) is 4.74 Å². The third-order valence-corrected chi connectivity index (χ3v) is 3.72. The van der Waals surface area contributed by atoms with E-state index in [2.05, 4.69) is 18.4 Å². The van der Waals surface area contributed by atoms with Gasteiger partial charge >= 0.3 is 0 Å². The summed E-state index contributed by atoms with van der Waals surface area (Å²) in [5.74, 6) is 0. The minimum absolute atomic E-state index is 0.271. The zero-order valence-electron chi connectivity index (χ0n) is 8.53. The molecule has 1 fully saturated rings. The van der Waals surface area contributed by atoms with Gasteiger partial charge < -0.3 is 10.5 Å². The van der Waals surface area contributed by atoms with Crippen molar-refractivity contribution in [3.8, 4) is 0 Å². The van der Waals surface area contributed by atoms with Crippen LogP contribution in [0.3, 0.4) is 0 Å². The Morgan fingerprint density at radius 3 is 3.07 bits per heavy atom. The molecule has 1 aliphatic heterocycles. The Balaban J connectivity index is 2.08. The molecule has 0 aromatic carbocycles. The summed E-state index contributed by atoms with van der Waals surface area (Å²) in [5.41, 5.74) is 7.00. The van der Waals surface area contributed by atoms with E-state index in [0.29, 0.717) is 12.6 Å². The summed E-state index contributed by atoms with van der Waals surface area (Å²) in [5, 5.41) is 2.14. The van der Waals surface area contributed by atoms with Crippen LogP contribution in [0.2, 0.25) is 0 Å². The van der Waals surface area contributed by atoms with Gasteiger partial charge in [-0.25, -0.2) is 0 Å². The Morgan fingerprint density at radius 1 is 1.57 bits per heavy atom. The molecule has 0 bridgehead atoms. The lowest BCUT2D eigenvalue weighted by atomic mass is 9.99. The first-order chi connectivity index (χ1) is 6.81. The van der Waals surface area contributed by atoms with Crippen molar-refractivity contribution in [3.05, 3.63) is 21.9 Å². The van der Waals surface area contributed by atoms with Gasteiger partial charge in [0.25, 0.3) is 0 Å². The van der Waals surface area contributed by atoms with Gasteiger partial charge in [0.1, 0.15) is 0 Å². The van der Waals surface area contributed by atoms with Crippen molar-refractivity contribution in [2.45, 2.75) is 38.4 Å². The Bertz CT molecular complexity index is 297. The first-order valence-corrected chi connectivity index (χ1v) is 6.08. The van der Waals surface area contributed by atoms with Crippen molar-refractivity contribution in [2.75, 3.05) is 6.54 Å². The van der Waals surface area contributed by atoms with E-state index in [9.17, 15) is 0 Å². The van der Waals surface area contributed by atoms with Gasteiger partial charge in [-0.1, -0.05) is 0 Å². The fourth-order valence-electron chi connectivity index (χ4n) is 2.03. The molecule has 14 heavy (non-hydrogen) atoms. The van der Waals surface area contributed by atoms with Crippen LogP contribution >= 0.6 is 11.3 Å². The Labute approximate surface area is 89.1 Å². The van der Waals surface area contributed by atoms with E-state index in [0.717, 1.165) is 12.8 Å². The molecule has 1 saturated heterocycles. The standard InChI is InChI=1S/C11H17NOS/c1-8-10(5-6-14-8)11-4-2-3-9(7-12)13-11/h5-6,9,11H,2-4,7,12H2,1H3. The van der Waals surface area contributed by atoms with Gasteiger partial charge in [0, 0.05) is 11.4 Å². The van der Waals surface area contributed by atoms with Crippen LogP contribution in [0, 0.1) is 6.92 Å². The molecule has 1 aliphatic rings. The second-order valence-electron chi connectivity index (χ2n) is 3.85. The molecule has 0 aliphatic carbocycles. The third-order valence-electron chi connectivity index (χ3n) is 2.86. The van der Waals surface area contributed by atoms with Gasteiger partial charge in [-0.3, -0.25) is 0 Å². The number of nitrogens with two attached hydrogens (primary N) is 1. The number of rotatable bonds is 2. The van der Waals surface area contributed by atoms with Crippen LogP contribution < -0.4 is 5.73 Å². The Hall–Kier alpha value is -0.380. The maximum Gasteiger partial charge on any atom is 0.0840 e. The minimum Gasteiger partial charge on any atom is -0.369 e. The molecule has 0 spiro atoms. The Kier molecular flexibility index (Phi) is 3.21. The third kappa shape index (κ3) is 2.00. The quantitative estimate of drug-likeness (QED) is 0.816. The fraction of sp³-hybridized carbons (Fsp3) is 0.636. The highest BCUT2D eigenvalue weighted by Crippen LogP contribution is 2.34. The molecule has 2 atom stereocenters. The normalized spacial score (nSPS) is 27.9. The zero-order valence-corrected chi connectivity index (χ0v) is 9.35. The predicted molar refractivity (Wildman–Crippen MR) is 59.6 cm³/mol. The fourth-order valence-corrected chi connectivity index (χ4v) is 2.78. The zero-order chi connectivity index (χ0) is 9.97. The van der Waals surface area contributed by atoms with Gasteiger partial charge in [0.2, 0.25) is 0 Å². The van der Waals surface area contributed by atoms with Crippen molar-refractivity contribution in [3.63, 3.8) is 0 Å². The number of thiophene rings is 1.